The largest absolute Gasteiger partial charge is 0.380 e. The molecule has 0 aliphatic carbocycles. The fraction of sp³-hybridized carbons (Fsp3) is 0.800. The van der Waals surface area contributed by atoms with Crippen LogP contribution in [-0.4, -0.2) is 25.8 Å². The molecule has 12 heavy (non-hydrogen) atoms. The Morgan fingerprint density at radius 1 is 1.50 bits per heavy atom. The third kappa shape index (κ3) is 3.88. The monoisotopic (exact) mass is 171 g/mol. The molecule has 0 aromatic rings. The van der Waals surface area contributed by atoms with Gasteiger partial charge in [-0.3, -0.25) is 0 Å². The predicted molar refractivity (Wildman–Crippen MR) is 53.4 cm³/mol. The van der Waals surface area contributed by atoms with Gasteiger partial charge in [0.05, 0.1) is 6.10 Å². The van der Waals surface area contributed by atoms with Crippen molar-refractivity contribution in [2.75, 3.05) is 13.7 Å². The van der Waals surface area contributed by atoms with Crippen molar-refractivity contribution in [1.29, 1.82) is 0 Å². The van der Waals surface area contributed by atoms with Crippen LogP contribution in [0.25, 0.3) is 0 Å². The van der Waals surface area contributed by atoms with E-state index in [1.54, 1.807) is 7.11 Å². The van der Waals surface area contributed by atoms with Gasteiger partial charge in [-0.25, -0.2) is 0 Å². The van der Waals surface area contributed by atoms with Gasteiger partial charge in [0.15, 0.2) is 0 Å². The summed E-state index contributed by atoms with van der Waals surface area (Å²) in [4.78, 5) is 0. The lowest BCUT2D eigenvalue weighted by Gasteiger charge is -2.24. The minimum atomic E-state index is 0.308. The fourth-order valence-corrected chi connectivity index (χ4v) is 1.42. The zero-order chi connectivity index (χ0) is 9.40. The third-order valence-corrected chi connectivity index (χ3v) is 2.04. The molecule has 2 atom stereocenters. The molecule has 0 aliphatic heterocycles. The van der Waals surface area contributed by atoms with Crippen LogP contribution in [-0.2, 0) is 4.74 Å². The van der Waals surface area contributed by atoms with E-state index in [1.165, 1.54) is 0 Å². The highest BCUT2D eigenvalue weighted by Gasteiger charge is 2.16. The molecule has 0 heterocycles. The molecule has 0 aliphatic rings. The number of hydrogen-bond donors (Lipinski definition) is 1. The Labute approximate surface area is 76.0 Å². The lowest BCUT2D eigenvalue weighted by molar-refractivity contribution is 0.0667. The summed E-state index contributed by atoms with van der Waals surface area (Å²) in [5.41, 5.74) is 0. The zero-order valence-corrected chi connectivity index (χ0v) is 8.47. The summed E-state index contributed by atoms with van der Waals surface area (Å²) in [6, 6.07) is 0.419. The Balaban J connectivity index is 3.94. The Hall–Kier alpha value is -0.340. The highest BCUT2D eigenvalue weighted by atomic mass is 16.5. The first-order valence-corrected chi connectivity index (χ1v) is 4.67. The summed E-state index contributed by atoms with van der Waals surface area (Å²) >= 11 is 0. The van der Waals surface area contributed by atoms with Crippen LogP contribution in [0.2, 0.25) is 0 Å². The van der Waals surface area contributed by atoms with Gasteiger partial charge in [-0.15, -0.1) is 6.58 Å². The first kappa shape index (κ1) is 11.7. The number of methoxy groups -OCH3 is 1. The first-order valence-electron chi connectivity index (χ1n) is 4.67. The molecule has 0 spiro atoms. The van der Waals surface area contributed by atoms with Gasteiger partial charge < -0.3 is 10.1 Å². The van der Waals surface area contributed by atoms with Crippen LogP contribution < -0.4 is 5.32 Å². The SMILES string of the molecule is C=CCC(NCC)C(CC)OC. The topological polar surface area (TPSA) is 21.3 Å². The van der Waals surface area contributed by atoms with E-state index in [9.17, 15) is 0 Å². The van der Waals surface area contributed by atoms with E-state index in [2.05, 4.69) is 25.7 Å². The van der Waals surface area contributed by atoms with E-state index in [0.29, 0.717) is 12.1 Å². The summed E-state index contributed by atoms with van der Waals surface area (Å²) in [6.07, 6.45) is 4.26. The van der Waals surface area contributed by atoms with Crippen LogP contribution in [0.4, 0.5) is 0 Å². The highest BCUT2D eigenvalue weighted by Crippen LogP contribution is 2.07. The van der Waals surface area contributed by atoms with Gasteiger partial charge in [0, 0.05) is 13.2 Å². The molecule has 0 aromatic carbocycles. The van der Waals surface area contributed by atoms with Crippen molar-refractivity contribution in [3.05, 3.63) is 12.7 Å². The normalized spacial score (nSPS) is 15.6. The molecule has 0 aromatic heterocycles. The minimum Gasteiger partial charge on any atom is -0.380 e. The van der Waals surface area contributed by atoms with Crippen molar-refractivity contribution >= 4 is 0 Å². The Morgan fingerprint density at radius 2 is 2.17 bits per heavy atom. The van der Waals surface area contributed by atoms with Crippen LogP contribution in [0.5, 0.6) is 0 Å². The average molecular weight is 171 g/mol. The second kappa shape index (κ2) is 7.32. The fourth-order valence-electron chi connectivity index (χ4n) is 1.42. The molecule has 2 nitrogen and oxygen atoms in total. The Bertz CT molecular complexity index is 110. The number of rotatable bonds is 7. The highest BCUT2D eigenvalue weighted by molar-refractivity contribution is 4.83. The molecule has 0 rings (SSSR count). The van der Waals surface area contributed by atoms with Crippen molar-refractivity contribution < 1.29 is 4.74 Å². The van der Waals surface area contributed by atoms with Crippen LogP contribution in [0.3, 0.4) is 0 Å². The molecule has 0 radical (unpaired) electrons. The smallest absolute Gasteiger partial charge is 0.0724 e. The average Bonchev–Trinajstić information content (AvgIpc) is 2.07. The van der Waals surface area contributed by atoms with Crippen LogP contribution in [0, 0.1) is 0 Å². The molecule has 0 saturated carbocycles. The molecule has 2 heteroatoms. The number of nitrogens with one attached hydrogen (secondary N) is 1. The molecular formula is C10H21NO. The third-order valence-electron chi connectivity index (χ3n) is 2.04. The van der Waals surface area contributed by atoms with Gasteiger partial charge in [-0.1, -0.05) is 19.9 Å². The zero-order valence-electron chi connectivity index (χ0n) is 8.47. The van der Waals surface area contributed by atoms with Crippen molar-refractivity contribution in [2.24, 2.45) is 0 Å². The standard InChI is InChI=1S/C10H21NO/c1-5-8-9(11-7-3)10(6-2)12-4/h5,9-11H,1,6-8H2,2-4H3. The van der Waals surface area contributed by atoms with Gasteiger partial charge in [-0.2, -0.15) is 0 Å². The predicted octanol–water partition coefficient (Wildman–Crippen LogP) is 1.97. The molecule has 0 saturated heterocycles. The van der Waals surface area contributed by atoms with Gasteiger partial charge in [0.1, 0.15) is 0 Å². The second-order valence-electron chi connectivity index (χ2n) is 2.87. The van der Waals surface area contributed by atoms with Gasteiger partial charge in [-0.05, 0) is 19.4 Å². The Morgan fingerprint density at radius 3 is 2.50 bits per heavy atom. The van der Waals surface area contributed by atoms with E-state index in [-0.39, 0.29) is 0 Å². The van der Waals surface area contributed by atoms with Crippen LogP contribution in [0.15, 0.2) is 12.7 Å². The number of hydrogen-bond acceptors (Lipinski definition) is 2. The molecule has 2 unspecified atom stereocenters. The maximum Gasteiger partial charge on any atom is 0.0724 e. The minimum absolute atomic E-state index is 0.308. The maximum absolute atomic E-state index is 5.36. The summed E-state index contributed by atoms with van der Waals surface area (Å²) < 4.78 is 5.36. The van der Waals surface area contributed by atoms with E-state index >= 15 is 0 Å². The van der Waals surface area contributed by atoms with Gasteiger partial charge in [0.2, 0.25) is 0 Å². The second-order valence-corrected chi connectivity index (χ2v) is 2.87. The van der Waals surface area contributed by atoms with Gasteiger partial charge in [0.25, 0.3) is 0 Å². The maximum atomic E-state index is 5.36. The lowest BCUT2D eigenvalue weighted by Crippen LogP contribution is -2.40. The molecular weight excluding hydrogens is 150 g/mol. The van der Waals surface area contributed by atoms with E-state index in [0.717, 1.165) is 19.4 Å². The molecule has 0 amide bonds. The lowest BCUT2D eigenvalue weighted by atomic mass is 10.1. The van der Waals surface area contributed by atoms with Crippen LogP contribution >= 0.6 is 0 Å². The quantitative estimate of drug-likeness (QED) is 0.591. The van der Waals surface area contributed by atoms with Gasteiger partial charge >= 0.3 is 0 Å². The first-order chi connectivity index (χ1) is 5.79. The van der Waals surface area contributed by atoms with Crippen molar-refractivity contribution in [3.63, 3.8) is 0 Å². The van der Waals surface area contributed by atoms with Crippen molar-refractivity contribution in [1.82, 2.24) is 5.32 Å². The van der Waals surface area contributed by atoms with E-state index in [4.69, 9.17) is 4.74 Å². The number of ether oxygens (including phenoxy) is 1. The summed E-state index contributed by atoms with van der Waals surface area (Å²) in [7, 11) is 1.77. The Kier molecular flexibility index (Phi) is 7.11. The molecule has 1 N–H and O–H groups in total. The number of likely N-dealkylation sites (N-methyl/N-ethyl adjacent to an activating group) is 1. The molecule has 0 bridgehead atoms. The molecule has 72 valence electrons. The molecule has 0 fully saturated rings. The van der Waals surface area contributed by atoms with Crippen LogP contribution in [0.1, 0.15) is 26.7 Å². The van der Waals surface area contributed by atoms with E-state index < -0.39 is 0 Å². The summed E-state index contributed by atoms with van der Waals surface area (Å²) in [6.45, 7) is 8.97. The van der Waals surface area contributed by atoms with Crippen molar-refractivity contribution in [3.8, 4) is 0 Å². The van der Waals surface area contributed by atoms with Crippen molar-refractivity contribution in [2.45, 2.75) is 38.8 Å². The summed E-state index contributed by atoms with van der Waals surface area (Å²) in [5.74, 6) is 0. The summed E-state index contributed by atoms with van der Waals surface area (Å²) in [5, 5.41) is 3.39. The van der Waals surface area contributed by atoms with E-state index in [1.807, 2.05) is 6.08 Å².